The number of thiophene rings is 1. The maximum Gasteiger partial charge on any atom is 1.00 e. The SMILES string of the molecule is Cc1ccc(N=C(c2ccccc2)c2sccc2C)c(O[Si](C)C)c1.[H+]. The molecule has 0 spiro atoms. The van der Waals surface area contributed by atoms with Gasteiger partial charge in [0.25, 0.3) is 9.04 Å². The normalized spacial score (nSPS) is 11.8. The van der Waals surface area contributed by atoms with Crippen LogP contribution in [0.25, 0.3) is 0 Å². The lowest BCUT2D eigenvalue weighted by atomic mass is 10.1. The first-order valence-corrected chi connectivity index (χ1v) is 11.6. The standard InChI is InChI=1S/C21H22NOSSi/c1-15-10-11-18(19(14-15)23-25(3)4)22-20(17-8-6-5-7-9-17)21-16(2)12-13-24-21/h5-14H,1-4H3/p+1. The van der Waals surface area contributed by atoms with Crippen LogP contribution < -0.4 is 4.43 Å². The molecule has 2 aromatic carbocycles. The van der Waals surface area contributed by atoms with Gasteiger partial charge in [-0.3, -0.25) is 0 Å². The fraction of sp³-hybridized carbons (Fsp3) is 0.190. The predicted octanol–water partition coefficient (Wildman–Crippen LogP) is 6.28. The van der Waals surface area contributed by atoms with E-state index in [2.05, 4.69) is 80.9 Å². The topological polar surface area (TPSA) is 21.6 Å². The van der Waals surface area contributed by atoms with Crippen molar-refractivity contribution in [2.45, 2.75) is 26.9 Å². The van der Waals surface area contributed by atoms with Crippen molar-refractivity contribution in [3.8, 4) is 5.75 Å². The molecule has 1 aromatic heterocycles. The molecule has 0 amide bonds. The van der Waals surface area contributed by atoms with Crippen LogP contribution in [0.15, 0.2) is 65.0 Å². The summed E-state index contributed by atoms with van der Waals surface area (Å²) in [5, 5.41) is 2.12. The number of hydrogen-bond acceptors (Lipinski definition) is 3. The van der Waals surface area contributed by atoms with E-state index in [0.717, 1.165) is 22.7 Å². The molecule has 3 aromatic rings. The van der Waals surface area contributed by atoms with Gasteiger partial charge in [-0.15, -0.1) is 11.3 Å². The molecule has 0 atom stereocenters. The lowest BCUT2D eigenvalue weighted by molar-refractivity contribution is 0.581. The van der Waals surface area contributed by atoms with Gasteiger partial charge in [-0.2, -0.15) is 0 Å². The molecule has 3 rings (SSSR count). The fourth-order valence-corrected chi connectivity index (χ4v) is 4.13. The fourth-order valence-electron chi connectivity index (χ4n) is 2.59. The van der Waals surface area contributed by atoms with E-state index in [0.29, 0.717) is 0 Å². The van der Waals surface area contributed by atoms with Gasteiger partial charge in [-0.25, -0.2) is 4.99 Å². The second kappa shape index (κ2) is 7.81. The Morgan fingerprint density at radius 1 is 1.04 bits per heavy atom. The second-order valence-corrected chi connectivity index (χ2v) is 9.18. The molecule has 25 heavy (non-hydrogen) atoms. The van der Waals surface area contributed by atoms with Crippen molar-refractivity contribution in [1.82, 2.24) is 0 Å². The van der Waals surface area contributed by atoms with E-state index in [1.54, 1.807) is 11.3 Å². The van der Waals surface area contributed by atoms with Crippen molar-refractivity contribution in [1.29, 1.82) is 0 Å². The minimum Gasteiger partial charge on any atom is -0.541 e. The van der Waals surface area contributed by atoms with Crippen LogP contribution in [0, 0.1) is 13.8 Å². The molecule has 0 saturated carbocycles. The summed E-state index contributed by atoms with van der Waals surface area (Å²) in [6.45, 7) is 8.50. The molecule has 0 aliphatic heterocycles. The molecule has 0 N–H and O–H groups in total. The molecule has 0 fully saturated rings. The largest absolute Gasteiger partial charge is 1.00 e. The van der Waals surface area contributed by atoms with E-state index in [1.165, 1.54) is 16.0 Å². The summed E-state index contributed by atoms with van der Waals surface area (Å²) >= 11 is 1.73. The van der Waals surface area contributed by atoms with Gasteiger partial charge in [-0.05, 0) is 61.6 Å². The van der Waals surface area contributed by atoms with E-state index in [1.807, 2.05) is 6.07 Å². The zero-order chi connectivity index (χ0) is 17.8. The van der Waals surface area contributed by atoms with E-state index in [-0.39, 0.29) is 1.43 Å². The Hall–Kier alpha value is -2.17. The first-order valence-electron chi connectivity index (χ1n) is 8.32. The summed E-state index contributed by atoms with van der Waals surface area (Å²) in [6, 6.07) is 18.7. The smallest absolute Gasteiger partial charge is 0.541 e. The first-order chi connectivity index (χ1) is 12.0. The molecule has 0 saturated heterocycles. The average molecular weight is 366 g/mol. The molecule has 0 aliphatic rings. The Labute approximate surface area is 157 Å². The number of aliphatic imine (C=N–C) groups is 1. The highest BCUT2D eigenvalue weighted by atomic mass is 32.1. The van der Waals surface area contributed by atoms with Gasteiger partial charge in [0.2, 0.25) is 0 Å². The highest BCUT2D eigenvalue weighted by molar-refractivity contribution is 7.12. The van der Waals surface area contributed by atoms with Gasteiger partial charge < -0.3 is 4.43 Å². The molecule has 0 unspecified atom stereocenters. The van der Waals surface area contributed by atoms with Crippen LogP contribution in [0.3, 0.4) is 0 Å². The minimum absolute atomic E-state index is 0. The van der Waals surface area contributed by atoms with E-state index in [9.17, 15) is 0 Å². The highest BCUT2D eigenvalue weighted by Crippen LogP contribution is 2.32. The van der Waals surface area contributed by atoms with Gasteiger partial charge >= 0.3 is 1.43 Å². The monoisotopic (exact) mass is 365 g/mol. The maximum atomic E-state index is 6.11. The predicted molar refractivity (Wildman–Crippen MR) is 111 cm³/mol. The first kappa shape index (κ1) is 17.6. The van der Waals surface area contributed by atoms with E-state index in [4.69, 9.17) is 9.42 Å². The Morgan fingerprint density at radius 3 is 2.44 bits per heavy atom. The Balaban J connectivity index is 0.00000243. The number of benzene rings is 2. The van der Waals surface area contributed by atoms with Crippen molar-refractivity contribution in [2.75, 3.05) is 0 Å². The third-order valence-electron chi connectivity index (χ3n) is 3.79. The van der Waals surface area contributed by atoms with Crippen LogP contribution in [0.2, 0.25) is 13.1 Å². The van der Waals surface area contributed by atoms with Crippen LogP contribution in [-0.2, 0) is 0 Å². The van der Waals surface area contributed by atoms with Gasteiger partial charge in [0.1, 0.15) is 11.4 Å². The molecule has 1 heterocycles. The zero-order valence-corrected chi connectivity index (χ0v) is 16.9. The van der Waals surface area contributed by atoms with Crippen LogP contribution in [0.1, 0.15) is 23.0 Å². The summed E-state index contributed by atoms with van der Waals surface area (Å²) in [6.07, 6.45) is 0. The van der Waals surface area contributed by atoms with Crippen molar-refractivity contribution in [3.63, 3.8) is 0 Å². The number of aryl methyl sites for hydroxylation is 2. The maximum absolute atomic E-state index is 6.11. The third-order valence-corrected chi connectivity index (χ3v) is 5.44. The van der Waals surface area contributed by atoms with Crippen molar-refractivity contribution in [2.24, 2.45) is 4.99 Å². The lowest BCUT2D eigenvalue weighted by Crippen LogP contribution is -2.11. The van der Waals surface area contributed by atoms with Gasteiger partial charge in [0.15, 0.2) is 0 Å². The third kappa shape index (κ3) is 4.27. The molecule has 2 nitrogen and oxygen atoms in total. The van der Waals surface area contributed by atoms with Crippen LogP contribution in [-0.4, -0.2) is 14.8 Å². The van der Waals surface area contributed by atoms with Crippen LogP contribution in [0.5, 0.6) is 5.75 Å². The van der Waals surface area contributed by atoms with Crippen molar-refractivity contribution < 1.29 is 5.85 Å². The summed E-state index contributed by atoms with van der Waals surface area (Å²) in [5.41, 5.74) is 5.45. The summed E-state index contributed by atoms with van der Waals surface area (Å²) in [4.78, 5) is 6.25. The summed E-state index contributed by atoms with van der Waals surface area (Å²) in [5.74, 6) is 0.876. The zero-order valence-electron chi connectivity index (χ0n) is 16.0. The molecule has 4 heteroatoms. The van der Waals surface area contributed by atoms with Crippen molar-refractivity contribution >= 4 is 31.8 Å². The Morgan fingerprint density at radius 2 is 1.80 bits per heavy atom. The molecular formula is C21H23NOSSi+. The Bertz CT molecular complexity index is 890. The Kier molecular flexibility index (Phi) is 5.51. The quantitative estimate of drug-likeness (QED) is 0.385. The minimum atomic E-state index is -0.853. The number of rotatable bonds is 5. The summed E-state index contributed by atoms with van der Waals surface area (Å²) in [7, 11) is -0.853. The molecule has 0 bridgehead atoms. The van der Waals surface area contributed by atoms with E-state index < -0.39 is 9.04 Å². The number of hydrogen-bond donors (Lipinski definition) is 0. The number of nitrogens with zero attached hydrogens (tertiary/aromatic N) is 1. The molecular weight excluding hydrogens is 342 g/mol. The van der Waals surface area contributed by atoms with Crippen LogP contribution >= 0.6 is 11.3 Å². The second-order valence-electron chi connectivity index (χ2n) is 6.24. The van der Waals surface area contributed by atoms with Gasteiger partial charge in [-0.1, -0.05) is 36.4 Å². The molecule has 0 aliphatic carbocycles. The van der Waals surface area contributed by atoms with E-state index >= 15 is 0 Å². The van der Waals surface area contributed by atoms with Gasteiger partial charge in [0.05, 0.1) is 10.6 Å². The molecule has 127 valence electrons. The molecule has 1 radical (unpaired) electrons. The van der Waals surface area contributed by atoms with Gasteiger partial charge in [0, 0.05) is 5.56 Å². The highest BCUT2D eigenvalue weighted by Gasteiger charge is 2.14. The average Bonchev–Trinajstić information content (AvgIpc) is 3.00. The lowest BCUT2D eigenvalue weighted by Gasteiger charge is -2.14. The summed E-state index contributed by atoms with van der Waals surface area (Å²) < 4.78 is 6.11. The van der Waals surface area contributed by atoms with Crippen molar-refractivity contribution in [3.05, 3.63) is 81.5 Å². The van der Waals surface area contributed by atoms with Crippen LogP contribution in [0.4, 0.5) is 5.69 Å².